The lowest BCUT2D eigenvalue weighted by molar-refractivity contribution is 0.248. The Morgan fingerprint density at radius 2 is 1.82 bits per heavy atom. The monoisotopic (exact) mass is 237 g/mol. The second-order valence-electron chi connectivity index (χ2n) is 4.10. The zero-order valence-corrected chi connectivity index (χ0v) is 10.3. The first kappa shape index (κ1) is 14.1. The summed E-state index contributed by atoms with van der Waals surface area (Å²) in [7, 11) is 0. The van der Waals surface area contributed by atoms with E-state index in [1.165, 1.54) is 5.56 Å². The Morgan fingerprint density at radius 1 is 1.18 bits per heavy atom. The van der Waals surface area contributed by atoms with E-state index in [4.69, 9.17) is 10.9 Å². The van der Waals surface area contributed by atoms with Crippen molar-refractivity contribution in [3.05, 3.63) is 35.9 Å². The number of nitrogens with zero attached hydrogens (tertiary/aromatic N) is 1. The predicted molar refractivity (Wildman–Crippen MR) is 70.5 cm³/mol. The Hall–Kier alpha value is -0.940. The van der Waals surface area contributed by atoms with Gasteiger partial charge in [0.15, 0.2) is 0 Å². The molecule has 0 aliphatic carbocycles. The molecule has 1 fully saturated rings. The second kappa shape index (κ2) is 9.13. The van der Waals surface area contributed by atoms with Gasteiger partial charge in [-0.1, -0.05) is 30.3 Å². The number of nitrogens with two attached hydrogens (primary N) is 1. The average Bonchev–Trinajstić information content (AvgIpc) is 2.39. The summed E-state index contributed by atoms with van der Waals surface area (Å²) in [5, 5.41) is 13.6. The molecule has 1 heterocycles. The van der Waals surface area contributed by atoms with E-state index in [9.17, 15) is 0 Å². The van der Waals surface area contributed by atoms with Crippen molar-refractivity contribution in [3.63, 3.8) is 0 Å². The van der Waals surface area contributed by atoms with Gasteiger partial charge in [0.2, 0.25) is 0 Å². The average molecular weight is 237 g/mol. The molecule has 4 heteroatoms. The van der Waals surface area contributed by atoms with Crippen LogP contribution in [0.1, 0.15) is 12.0 Å². The number of aryl methyl sites for hydroxylation is 1. The van der Waals surface area contributed by atoms with Gasteiger partial charge in [-0.25, -0.2) is 5.01 Å². The zero-order valence-electron chi connectivity index (χ0n) is 10.3. The Balaban J connectivity index is 0.000000181. The van der Waals surface area contributed by atoms with Crippen LogP contribution < -0.4 is 11.2 Å². The van der Waals surface area contributed by atoms with Crippen molar-refractivity contribution in [2.24, 2.45) is 5.84 Å². The van der Waals surface area contributed by atoms with E-state index in [0.29, 0.717) is 0 Å². The van der Waals surface area contributed by atoms with Crippen LogP contribution in [0.2, 0.25) is 0 Å². The Bertz CT molecular complexity index is 273. The van der Waals surface area contributed by atoms with E-state index < -0.39 is 0 Å². The van der Waals surface area contributed by atoms with E-state index in [1.807, 2.05) is 23.2 Å². The molecule has 0 radical (unpaired) electrons. The molecule has 1 aliphatic rings. The normalized spacial score (nSPS) is 16.1. The van der Waals surface area contributed by atoms with Gasteiger partial charge in [-0.3, -0.25) is 5.84 Å². The number of nitrogens with one attached hydrogen (secondary N) is 1. The fourth-order valence-corrected chi connectivity index (χ4v) is 1.61. The third-order valence-electron chi connectivity index (χ3n) is 2.62. The van der Waals surface area contributed by atoms with Crippen molar-refractivity contribution in [1.82, 2.24) is 10.3 Å². The molecule has 0 aromatic heterocycles. The first-order valence-corrected chi connectivity index (χ1v) is 6.18. The predicted octanol–water partition coefficient (Wildman–Crippen LogP) is 0.377. The highest BCUT2D eigenvalue weighted by molar-refractivity contribution is 5.14. The highest BCUT2D eigenvalue weighted by Crippen LogP contribution is 2.00. The zero-order chi connectivity index (χ0) is 12.3. The summed E-state index contributed by atoms with van der Waals surface area (Å²) < 4.78 is 0. The molecule has 1 saturated heterocycles. The van der Waals surface area contributed by atoms with Crippen LogP contribution in [0.5, 0.6) is 0 Å². The van der Waals surface area contributed by atoms with E-state index in [0.717, 1.165) is 39.0 Å². The lowest BCUT2D eigenvalue weighted by Crippen LogP contribution is -2.47. The Morgan fingerprint density at radius 3 is 2.29 bits per heavy atom. The minimum Gasteiger partial charge on any atom is -0.396 e. The molecule has 0 spiro atoms. The summed E-state index contributed by atoms with van der Waals surface area (Å²) in [5.41, 5.74) is 1.30. The topological polar surface area (TPSA) is 61.5 Å². The maximum Gasteiger partial charge on any atom is 0.0434 e. The van der Waals surface area contributed by atoms with Crippen molar-refractivity contribution < 1.29 is 5.11 Å². The summed E-state index contributed by atoms with van der Waals surface area (Å²) >= 11 is 0. The largest absolute Gasteiger partial charge is 0.396 e. The molecular formula is C13H23N3O. The molecule has 0 saturated carbocycles. The molecule has 0 unspecified atom stereocenters. The number of hydrazine groups is 1. The van der Waals surface area contributed by atoms with E-state index >= 15 is 0 Å². The fraction of sp³-hybridized carbons (Fsp3) is 0.538. The van der Waals surface area contributed by atoms with E-state index in [-0.39, 0.29) is 6.61 Å². The minimum absolute atomic E-state index is 0.287. The molecule has 2 rings (SSSR count). The number of aliphatic hydroxyl groups is 1. The third kappa shape index (κ3) is 7.07. The fourth-order valence-electron chi connectivity index (χ4n) is 1.61. The molecule has 1 aliphatic heterocycles. The molecule has 4 N–H and O–H groups in total. The first-order valence-electron chi connectivity index (χ1n) is 6.18. The molecule has 1 aromatic carbocycles. The minimum atomic E-state index is 0.287. The van der Waals surface area contributed by atoms with Crippen LogP contribution in [0.25, 0.3) is 0 Å². The van der Waals surface area contributed by atoms with Crippen LogP contribution in [0.15, 0.2) is 30.3 Å². The SMILES string of the molecule is NN1CCNCC1.OCCCc1ccccc1. The lowest BCUT2D eigenvalue weighted by atomic mass is 10.1. The second-order valence-corrected chi connectivity index (χ2v) is 4.10. The number of hydrogen-bond acceptors (Lipinski definition) is 4. The van der Waals surface area contributed by atoms with Crippen LogP contribution in [-0.4, -0.2) is 42.9 Å². The van der Waals surface area contributed by atoms with Crippen LogP contribution in [-0.2, 0) is 6.42 Å². The number of aliphatic hydroxyl groups excluding tert-OH is 1. The van der Waals surface area contributed by atoms with Gasteiger partial charge in [0, 0.05) is 32.8 Å². The maximum absolute atomic E-state index is 8.53. The summed E-state index contributed by atoms with van der Waals surface area (Å²) in [6, 6.07) is 10.2. The molecule has 0 bridgehead atoms. The van der Waals surface area contributed by atoms with Gasteiger partial charge in [-0.2, -0.15) is 0 Å². The summed E-state index contributed by atoms with van der Waals surface area (Å²) in [4.78, 5) is 0. The molecule has 96 valence electrons. The smallest absolute Gasteiger partial charge is 0.0434 e. The van der Waals surface area contributed by atoms with Crippen LogP contribution in [0.3, 0.4) is 0 Å². The molecule has 4 nitrogen and oxygen atoms in total. The van der Waals surface area contributed by atoms with Crippen molar-refractivity contribution in [2.45, 2.75) is 12.8 Å². The Labute approximate surface area is 103 Å². The van der Waals surface area contributed by atoms with Gasteiger partial charge in [-0.05, 0) is 18.4 Å². The standard InChI is InChI=1S/C9H12O.C4H11N3/c10-8-4-7-9-5-2-1-3-6-9;5-7-3-1-6-2-4-7/h1-3,5-6,10H,4,7-8H2;6H,1-5H2. The number of rotatable bonds is 3. The van der Waals surface area contributed by atoms with Gasteiger partial charge in [-0.15, -0.1) is 0 Å². The number of hydrogen-bond donors (Lipinski definition) is 3. The van der Waals surface area contributed by atoms with E-state index in [2.05, 4.69) is 17.4 Å². The molecule has 0 amide bonds. The van der Waals surface area contributed by atoms with Gasteiger partial charge in [0.1, 0.15) is 0 Å². The van der Waals surface area contributed by atoms with Crippen molar-refractivity contribution in [2.75, 3.05) is 32.8 Å². The third-order valence-corrected chi connectivity index (χ3v) is 2.62. The number of benzene rings is 1. The van der Waals surface area contributed by atoms with Crippen LogP contribution >= 0.6 is 0 Å². The van der Waals surface area contributed by atoms with Gasteiger partial charge in [0.25, 0.3) is 0 Å². The van der Waals surface area contributed by atoms with Crippen molar-refractivity contribution >= 4 is 0 Å². The van der Waals surface area contributed by atoms with Crippen LogP contribution in [0, 0.1) is 0 Å². The maximum atomic E-state index is 8.53. The highest BCUT2D eigenvalue weighted by Gasteiger charge is 2.01. The summed E-state index contributed by atoms with van der Waals surface area (Å²) in [6.45, 7) is 4.34. The van der Waals surface area contributed by atoms with Crippen molar-refractivity contribution in [3.8, 4) is 0 Å². The number of piperazine rings is 1. The quantitative estimate of drug-likeness (QED) is 0.665. The lowest BCUT2D eigenvalue weighted by Gasteiger charge is -2.21. The first-order chi connectivity index (χ1) is 8.33. The van der Waals surface area contributed by atoms with Crippen molar-refractivity contribution in [1.29, 1.82) is 0 Å². The molecular weight excluding hydrogens is 214 g/mol. The molecule has 1 aromatic rings. The van der Waals surface area contributed by atoms with E-state index in [1.54, 1.807) is 0 Å². The molecule has 0 atom stereocenters. The summed E-state index contributed by atoms with van der Waals surface area (Å²) in [5.74, 6) is 5.43. The Kier molecular flexibility index (Phi) is 7.58. The summed E-state index contributed by atoms with van der Waals surface area (Å²) in [6.07, 6.45) is 1.85. The molecule has 17 heavy (non-hydrogen) atoms. The van der Waals surface area contributed by atoms with Crippen LogP contribution in [0.4, 0.5) is 0 Å². The van der Waals surface area contributed by atoms with Gasteiger partial charge >= 0.3 is 0 Å². The van der Waals surface area contributed by atoms with Gasteiger partial charge in [0.05, 0.1) is 0 Å². The highest BCUT2D eigenvalue weighted by atomic mass is 16.2. The van der Waals surface area contributed by atoms with Gasteiger partial charge < -0.3 is 10.4 Å².